The van der Waals surface area contributed by atoms with Crippen molar-refractivity contribution in [1.82, 2.24) is 9.62 Å². The molecule has 0 bridgehead atoms. The van der Waals surface area contributed by atoms with Gasteiger partial charge in [-0.3, -0.25) is 4.79 Å². The van der Waals surface area contributed by atoms with E-state index in [0.29, 0.717) is 12.2 Å². The van der Waals surface area contributed by atoms with Crippen LogP contribution in [0.1, 0.15) is 35.3 Å². The summed E-state index contributed by atoms with van der Waals surface area (Å²) in [5.74, 6) is 1.26. The summed E-state index contributed by atoms with van der Waals surface area (Å²) in [4.78, 5) is 12.7. The molecule has 0 saturated carbocycles. The van der Waals surface area contributed by atoms with Crippen molar-refractivity contribution in [2.75, 3.05) is 20.7 Å². The molecule has 8 heteroatoms. The molecule has 7 nitrogen and oxygen atoms in total. The molecular weight excluding hydrogens is 392 g/mol. The Hall–Kier alpha value is -2.58. The summed E-state index contributed by atoms with van der Waals surface area (Å²) in [6, 6.07) is 9.76. The molecule has 1 aliphatic heterocycles. The molecule has 1 atom stereocenters. The first-order chi connectivity index (χ1) is 13.7. The summed E-state index contributed by atoms with van der Waals surface area (Å²) in [7, 11) is -0.595. The summed E-state index contributed by atoms with van der Waals surface area (Å²) in [5.41, 5.74) is 2.32. The summed E-state index contributed by atoms with van der Waals surface area (Å²) < 4.78 is 37.0. The van der Waals surface area contributed by atoms with Crippen molar-refractivity contribution in [3.8, 4) is 11.5 Å². The number of sulfonamides is 1. The SMILES string of the molecule is CCOc1cc2c(cc1CNC(=O)c1ccc(S(=O)(=O)N(C)C)cc1)O[C@H](C)C2. The van der Waals surface area contributed by atoms with Crippen LogP contribution in [0, 0.1) is 0 Å². The Morgan fingerprint density at radius 1 is 1.24 bits per heavy atom. The third kappa shape index (κ3) is 4.54. The topological polar surface area (TPSA) is 84.9 Å². The predicted molar refractivity (Wildman–Crippen MR) is 110 cm³/mol. The fourth-order valence-corrected chi connectivity index (χ4v) is 4.08. The maximum Gasteiger partial charge on any atom is 0.251 e. The number of carbonyl (C=O) groups excluding carboxylic acids is 1. The molecular formula is C21H26N2O5S. The summed E-state index contributed by atoms with van der Waals surface area (Å²) >= 11 is 0. The number of benzene rings is 2. The molecule has 1 amide bonds. The minimum atomic E-state index is -3.53. The van der Waals surface area contributed by atoms with Gasteiger partial charge in [-0.1, -0.05) is 0 Å². The number of fused-ring (bicyclic) bond motifs is 1. The highest BCUT2D eigenvalue weighted by molar-refractivity contribution is 7.89. The number of ether oxygens (including phenoxy) is 2. The van der Waals surface area contributed by atoms with Crippen LogP contribution < -0.4 is 14.8 Å². The molecule has 1 N–H and O–H groups in total. The first-order valence-electron chi connectivity index (χ1n) is 9.48. The van der Waals surface area contributed by atoms with Crippen molar-refractivity contribution in [2.24, 2.45) is 0 Å². The van der Waals surface area contributed by atoms with Crippen molar-refractivity contribution >= 4 is 15.9 Å². The van der Waals surface area contributed by atoms with E-state index in [2.05, 4.69) is 5.32 Å². The van der Waals surface area contributed by atoms with Crippen LogP contribution in [0.15, 0.2) is 41.3 Å². The van der Waals surface area contributed by atoms with Gasteiger partial charge in [0, 0.05) is 43.8 Å². The van der Waals surface area contributed by atoms with Crippen LogP contribution in [-0.4, -0.2) is 45.4 Å². The average molecular weight is 419 g/mol. The molecule has 0 saturated heterocycles. The maximum absolute atomic E-state index is 12.5. The van der Waals surface area contributed by atoms with Crippen LogP contribution in [0.4, 0.5) is 0 Å². The first-order valence-corrected chi connectivity index (χ1v) is 10.9. The normalized spacial score (nSPS) is 15.7. The molecule has 0 radical (unpaired) electrons. The van der Waals surface area contributed by atoms with Crippen LogP contribution in [0.25, 0.3) is 0 Å². The molecule has 2 aromatic carbocycles. The Kier molecular flexibility index (Phi) is 6.14. The van der Waals surface area contributed by atoms with Crippen LogP contribution in [0.5, 0.6) is 11.5 Å². The van der Waals surface area contributed by atoms with E-state index in [1.165, 1.54) is 38.4 Å². The quantitative estimate of drug-likeness (QED) is 0.747. The Morgan fingerprint density at radius 2 is 1.93 bits per heavy atom. The zero-order valence-electron chi connectivity index (χ0n) is 17.1. The third-order valence-corrected chi connectivity index (χ3v) is 6.54. The van der Waals surface area contributed by atoms with Gasteiger partial charge >= 0.3 is 0 Å². The monoisotopic (exact) mass is 418 g/mol. The van der Waals surface area contributed by atoms with Crippen LogP contribution >= 0.6 is 0 Å². The van der Waals surface area contributed by atoms with Crippen molar-refractivity contribution < 1.29 is 22.7 Å². The zero-order chi connectivity index (χ0) is 21.2. The van der Waals surface area contributed by atoms with Crippen molar-refractivity contribution in [3.05, 3.63) is 53.1 Å². The lowest BCUT2D eigenvalue weighted by Crippen LogP contribution is -2.24. The highest BCUT2D eigenvalue weighted by atomic mass is 32.2. The summed E-state index contributed by atoms with van der Waals surface area (Å²) in [6.07, 6.45) is 0.964. The van der Waals surface area contributed by atoms with Gasteiger partial charge in [-0.2, -0.15) is 0 Å². The standard InChI is InChI=1S/C21H26N2O5S/c1-5-27-19-11-16-10-14(2)28-20(16)12-17(19)13-22-21(24)15-6-8-18(9-7-15)29(25,26)23(3)4/h6-9,11-12,14H,5,10,13H2,1-4H3,(H,22,24)/t14-/m1/s1. The molecule has 0 fully saturated rings. The van der Waals surface area contributed by atoms with Gasteiger partial charge < -0.3 is 14.8 Å². The lowest BCUT2D eigenvalue weighted by Gasteiger charge is -2.14. The number of hydrogen-bond acceptors (Lipinski definition) is 5. The Morgan fingerprint density at radius 3 is 2.55 bits per heavy atom. The molecule has 1 heterocycles. The van der Waals surface area contributed by atoms with E-state index in [1.54, 1.807) is 0 Å². The molecule has 0 spiro atoms. The number of rotatable bonds is 7. The van der Waals surface area contributed by atoms with Gasteiger partial charge in [0.2, 0.25) is 10.0 Å². The number of nitrogens with zero attached hydrogens (tertiary/aromatic N) is 1. The Labute approximate surface area is 171 Å². The van der Waals surface area contributed by atoms with Crippen molar-refractivity contribution in [3.63, 3.8) is 0 Å². The zero-order valence-corrected chi connectivity index (χ0v) is 17.9. The van der Waals surface area contributed by atoms with Gasteiger partial charge in [0.25, 0.3) is 5.91 Å². The summed E-state index contributed by atoms with van der Waals surface area (Å²) in [5, 5.41) is 2.86. The molecule has 0 unspecified atom stereocenters. The van der Waals surface area contributed by atoms with Crippen molar-refractivity contribution in [1.29, 1.82) is 0 Å². The highest BCUT2D eigenvalue weighted by Gasteiger charge is 2.22. The maximum atomic E-state index is 12.5. The van der Waals surface area contributed by atoms with Gasteiger partial charge in [0.15, 0.2) is 0 Å². The van der Waals surface area contributed by atoms with Crippen LogP contribution in [0.3, 0.4) is 0 Å². The van der Waals surface area contributed by atoms with Gasteiger partial charge in [-0.25, -0.2) is 12.7 Å². The lowest BCUT2D eigenvalue weighted by atomic mass is 10.1. The van der Waals surface area contributed by atoms with Gasteiger partial charge in [0.05, 0.1) is 11.5 Å². The average Bonchev–Trinajstić information content (AvgIpc) is 3.05. The van der Waals surface area contributed by atoms with Gasteiger partial charge in [-0.15, -0.1) is 0 Å². The smallest absolute Gasteiger partial charge is 0.251 e. The second kappa shape index (κ2) is 8.42. The molecule has 3 rings (SSSR count). The third-order valence-electron chi connectivity index (χ3n) is 4.71. The van der Waals surface area contributed by atoms with Crippen LogP contribution in [-0.2, 0) is 23.0 Å². The number of nitrogens with one attached hydrogen (secondary N) is 1. The van der Waals surface area contributed by atoms with E-state index in [4.69, 9.17) is 9.47 Å². The highest BCUT2D eigenvalue weighted by Crippen LogP contribution is 2.35. The van der Waals surface area contributed by atoms with Gasteiger partial charge in [-0.05, 0) is 50.2 Å². The van der Waals surface area contributed by atoms with E-state index in [-0.39, 0.29) is 23.5 Å². The summed E-state index contributed by atoms with van der Waals surface area (Å²) in [6.45, 7) is 4.73. The number of amides is 1. The second-order valence-electron chi connectivity index (χ2n) is 7.13. The number of carbonyl (C=O) groups is 1. The fraction of sp³-hybridized carbons (Fsp3) is 0.381. The first kappa shape index (κ1) is 21.1. The second-order valence-corrected chi connectivity index (χ2v) is 9.28. The van der Waals surface area contributed by atoms with Crippen LogP contribution in [0.2, 0.25) is 0 Å². The van der Waals surface area contributed by atoms with Gasteiger partial charge in [0.1, 0.15) is 17.6 Å². The molecule has 1 aliphatic rings. The lowest BCUT2D eigenvalue weighted by molar-refractivity contribution is 0.0950. The van der Waals surface area contributed by atoms with E-state index < -0.39 is 10.0 Å². The van der Waals surface area contributed by atoms with E-state index >= 15 is 0 Å². The fourth-order valence-electron chi connectivity index (χ4n) is 3.18. The molecule has 29 heavy (non-hydrogen) atoms. The Bertz CT molecular complexity index is 1000. The predicted octanol–water partition coefficient (Wildman–Crippen LogP) is 2.59. The molecule has 0 aromatic heterocycles. The number of hydrogen-bond donors (Lipinski definition) is 1. The minimum Gasteiger partial charge on any atom is -0.494 e. The molecule has 0 aliphatic carbocycles. The van der Waals surface area contributed by atoms with E-state index in [1.807, 2.05) is 26.0 Å². The van der Waals surface area contributed by atoms with E-state index in [9.17, 15) is 13.2 Å². The molecule has 2 aromatic rings. The largest absolute Gasteiger partial charge is 0.494 e. The van der Waals surface area contributed by atoms with Crippen molar-refractivity contribution in [2.45, 2.75) is 37.8 Å². The minimum absolute atomic E-state index is 0.126. The van der Waals surface area contributed by atoms with E-state index in [0.717, 1.165) is 33.4 Å². The molecule has 156 valence electrons. The Balaban J connectivity index is 1.73.